The normalized spacial score (nSPS) is 12.8. The van der Waals surface area contributed by atoms with Crippen molar-refractivity contribution in [3.8, 4) is 11.5 Å². The average Bonchev–Trinajstić information content (AvgIpc) is 3.38. The predicted octanol–water partition coefficient (Wildman–Crippen LogP) is 7.57. The lowest BCUT2D eigenvalue weighted by molar-refractivity contribution is 0.0199. The number of nitrogens with zero attached hydrogens (tertiary/aromatic N) is 3. The van der Waals surface area contributed by atoms with Gasteiger partial charge >= 0.3 is 6.09 Å². The molecule has 0 fully saturated rings. The Kier molecular flexibility index (Phi) is 11.8. The van der Waals surface area contributed by atoms with Crippen molar-refractivity contribution in [1.82, 2.24) is 9.88 Å². The van der Waals surface area contributed by atoms with Gasteiger partial charge in [-0.05, 0) is 56.9 Å². The molecule has 0 aliphatic rings. The topological polar surface area (TPSA) is 110 Å². The number of methoxy groups -OCH3 is 2. The number of sulfonamides is 1. The van der Waals surface area contributed by atoms with Crippen LogP contribution >= 0.6 is 22.9 Å². The Balaban J connectivity index is 1.96. The average molecular weight is 703 g/mol. The largest absolute Gasteiger partial charge is 0.497 e. The minimum atomic E-state index is -4.68. The summed E-state index contributed by atoms with van der Waals surface area (Å²) in [6.07, 6.45) is 0.928. The van der Waals surface area contributed by atoms with Crippen molar-refractivity contribution in [1.29, 1.82) is 0 Å². The van der Waals surface area contributed by atoms with E-state index in [1.807, 2.05) is 20.8 Å². The molecule has 15 heteroatoms. The van der Waals surface area contributed by atoms with Crippen LogP contribution in [-0.2, 0) is 21.3 Å². The number of rotatable bonds is 12. The maximum absolute atomic E-state index is 15.7. The summed E-state index contributed by atoms with van der Waals surface area (Å²) in [7, 11) is -0.177. The second-order valence-electron chi connectivity index (χ2n) is 12.8. The van der Waals surface area contributed by atoms with Gasteiger partial charge in [0.25, 0.3) is 10.0 Å². The summed E-state index contributed by atoms with van der Waals surface area (Å²) >= 11 is 7.01. The van der Waals surface area contributed by atoms with E-state index in [-0.39, 0.29) is 40.4 Å². The van der Waals surface area contributed by atoms with E-state index in [2.05, 4.69) is 10.3 Å². The maximum atomic E-state index is 15.7. The third-order valence-electron chi connectivity index (χ3n) is 6.68. The molecular formula is C31H41ClF2N4O6S2. The zero-order chi connectivity index (χ0) is 34.6. The Bertz CT molecular complexity index is 1640. The number of nitrogens with one attached hydrogen (secondary N) is 1. The summed E-state index contributed by atoms with van der Waals surface area (Å²) in [6, 6.07) is 6.35. The van der Waals surface area contributed by atoms with Gasteiger partial charge in [-0.2, -0.15) is 4.39 Å². The van der Waals surface area contributed by atoms with Crippen LogP contribution in [0.1, 0.15) is 53.5 Å². The standard InChI is InChI=1S/C31H41ClF2N4O6S2/c1-30(2,3)15-20(37(7)29(39)44-31(4,5)6)16-35-24-14-23(33)26(13-22(24)32)46(40,41)38(28-36-17-27(34)45-28)18-19-10-11-21(42-8)12-25(19)43-9/h10-14,17,20,35H,15-16,18H2,1-9H3. The van der Waals surface area contributed by atoms with E-state index in [9.17, 15) is 17.6 Å². The molecule has 0 saturated heterocycles. The minimum absolute atomic E-state index is 0.0818. The highest BCUT2D eigenvalue weighted by Gasteiger charge is 2.33. The number of aromatic nitrogens is 1. The van der Waals surface area contributed by atoms with Gasteiger partial charge < -0.3 is 24.4 Å². The molecule has 0 spiro atoms. The van der Waals surface area contributed by atoms with Crippen molar-refractivity contribution in [2.45, 2.75) is 71.0 Å². The van der Waals surface area contributed by atoms with Crippen LogP contribution in [-0.4, -0.2) is 63.8 Å². The minimum Gasteiger partial charge on any atom is -0.497 e. The third-order valence-corrected chi connectivity index (χ3v) is 9.67. The van der Waals surface area contributed by atoms with Gasteiger partial charge in [0.1, 0.15) is 27.8 Å². The first-order valence-corrected chi connectivity index (χ1v) is 16.9. The second kappa shape index (κ2) is 14.6. The van der Waals surface area contributed by atoms with Crippen LogP contribution in [0.4, 0.5) is 24.4 Å². The van der Waals surface area contributed by atoms with E-state index in [1.54, 1.807) is 46.0 Å². The third kappa shape index (κ3) is 9.58. The van der Waals surface area contributed by atoms with Crippen LogP contribution in [0.5, 0.6) is 11.5 Å². The molecule has 1 unspecified atom stereocenters. The van der Waals surface area contributed by atoms with Gasteiger partial charge in [0, 0.05) is 25.2 Å². The van der Waals surface area contributed by atoms with Crippen LogP contribution in [0.25, 0.3) is 0 Å². The molecule has 3 rings (SSSR count). The number of halogens is 3. The Labute approximate surface area is 278 Å². The van der Waals surface area contributed by atoms with Crippen molar-refractivity contribution in [2.75, 3.05) is 37.4 Å². The number of ether oxygens (including phenoxy) is 3. The number of amides is 1. The Morgan fingerprint density at radius 3 is 2.30 bits per heavy atom. The summed E-state index contributed by atoms with van der Waals surface area (Å²) < 4.78 is 74.7. The van der Waals surface area contributed by atoms with Crippen molar-refractivity contribution in [2.24, 2.45) is 5.41 Å². The Morgan fingerprint density at radius 2 is 1.76 bits per heavy atom. The van der Waals surface area contributed by atoms with E-state index in [0.717, 1.165) is 22.6 Å². The molecule has 1 aromatic heterocycles. The smallest absolute Gasteiger partial charge is 0.410 e. The van der Waals surface area contributed by atoms with Gasteiger partial charge in [-0.3, -0.25) is 0 Å². The van der Waals surface area contributed by atoms with E-state index < -0.39 is 37.6 Å². The number of thiazole rings is 1. The zero-order valence-electron chi connectivity index (χ0n) is 27.4. The molecule has 1 N–H and O–H groups in total. The summed E-state index contributed by atoms with van der Waals surface area (Å²) in [5.74, 6) is -0.322. The summed E-state index contributed by atoms with van der Waals surface area (Å²) in [5, 5.41) is 2.04. The van der Waals surface area contributed by atoms with E-state index in [0.29, 0.717) is 34.8 Å². The number of hydrogen-bond acceptors (Lipinski definition) is 9. The first kappa shape index (κ1) is 37.1. The van der Waals surface area contributed by atoms with E-state index in [1.165, 1.54) is 19.1 Å². The quantitative estimate of drug-likeness (QED) is 0.206. The first-order chi connectivity index (χ1) is 21.3. The Hall–Kier alpha value is -3.36. The monoisotopic (exact) mass is 702 g/mol. The van der Waals surface area contributed by atoms with E-state index in [4.69, 9.17) is 25.8 Å². The van der Waals surface area contributed by atoms with Gasteiger partial charge in [0.2, 0.25) is 5.13 Å². The summed E-state index contributed by atoms with van der Waals surface area (Å²) in [6.45, 7) is 11.2. The zero-order valence-corrected chi connectivity index (χ0v) is 29.8. The van der Waals surface area contributed by atoms with Crippen LogP contribution in [0.15, 0.2) is 41.4 Å². The van der Waals surface area contributed by atoms with Crippen LogP contribution in [0.2, 0.25) is 5.02 Å². The molecule has 1 atom stereocenters. The van der Waals surface area contributed by atoms with Crippen LogP contribution in [0.3, 0.4) is 0 Å². The Morgan fingerprint density at radius 1 is 1.09 bits per heavy atom. The van der Waals surface area contributed by atoms with Gasteiger partial charge in [0.15, 0.2) is 5.13 Å². The van der Waals surface area contributed by atoms with Crippen molar-refractivity contribution < 1.29 is 36.2 Å². The van der Waals surface area contributed by atoms with Crippen molar-refractivity contribution in [3.63, 3.8) is 0 Å². The van der Waals surface area contributed by atoms with Crippen molar-refractivity contribution >= 4 is 49.9 Å². The number of carbonyl (C=O) groups excluding carboxylic acids is 1. The van der Waals surface area contributed by atoms with Crippen LogP contribution < -0.4 is 19.1 Å². The molecule has 254 valence electrons. The van der Waals surface area contributed by atoms with Gasteiger partial charge in [-0.1, -0.05) is 43.7 Å². The molecule has 0 aliphatic carbocycles. The fourth-order valence-electron chi connectivity index (χ4n) is 4.50. The highest BCUT2D eigenvalue weighted by atomic mass is 35.5. The molecule has 3 aromatic rings. The predicted molar refractivity (Wildman–Crippen MR) is 177 cm³/mol. The molecule has 0 aliphatic heterocycles. The molecular weight excluding hydrogens is 662 g/mol. The highest BCUT2D eigenvalue weighted by Crippen LogP contribution is 2.36. The lowest BCUT2D eigenvalue weighted by atomic mass is 9.87. The van der Waals surface area contributed by atoms with E-state index >= 15 is 4.39 Å². The lowest BCUT2D eigenvalue weighted by Gasteiger charge is -2.34. The van der Waals surface area contributed by atoms with Gasteiger partial charge in [-0.25, -0.2) is 26.9 Å². The maximum Gasteiger partial charge on any atom is 0.410 e. The van der Waals surface area contributed by atoms with Crippen LogP contribution in [0, 0.1) is 16.4 Å². The number of carbonyl (C=O) groups is 1. The van der Waals surface area contributed by atoms with Gasteiger partial charge in [0.05, 0.1) is 43.7 Å². The molecule has 1 amide bonds. The molecule has 1 heterocycles. The SMILES string of the molecule is COc1ccc(CN(c2ncc(F)s2)S(=O)(=O)c2cc(Cl)c(NCC(CC(C)(C)C)N(C)C(=O)OC(C)(C)C)cc2F)c(OC)c1. The number of benzene rings is 2. The molecule has 10 nitrogen and oxygen atoms in total. The molecule has 0 saturated carbocycles. The van der Waals surface area contributed by atoms with Gasteiger partial charge in [-0.15, -0.1) is 0 Å². The molecule has 0 bridgehead atoms. The molecule has 0 radical (unpaired) electrons. The number of anilines is 2. The number of likely N-dealkylation sites (N-methyl/N-ethyl adjacent to an activating group) is 1. The highest BCUT2D eigenvalue weighted by molar-refractivity contribution is 7.93. The molecule has 2 aromatic carbocycles. The first-order valence-electron chi connectivity index (χ1n) is 14.3. The summed E-state index contributed by atoms with van der Waals surface area (Å²) in [5.41, 5.74) is -0.360. The van der Waals surface area contributed by atoms with Crippen molar-refractivity contribution in [3.05, 3.63) is 58.1 Å². The summed E-state index contributed by atoms with van der Waals surface area (Å²) in [4.78, 5) is 17.5. The fraction of sp³-hybridized carbons (Fsp3) is 0.484. The lowest BCUT2D eigenvalue weighted by Crippen LogP contribution is -2.45. The fourth-order valence-corrected chi connectivity index (χ4v) is 7.12. The second-order valence-corrected chi connectivity index (χ2v) is 16.0. The number of hydrogen-bond donors (Lipinski definition) is 1. The molecule has 46 heavy (non-hydrogen) atoms.